The van der Waals surface area contributed by atoms with Crippen LogP contribution in [0.3, 0.4) is 0 Å². The second-order valence-electron chi connectivity index (χ2n) is 13.4. The van der Waals surface area contributed by atoms with Crippen molar-refractivity contribution in [1.82, 2.24) is 0 Å². The zero-order valence-corrected chi connectivity index (χ0v) is 30.8. The van der Waals surface area contributed by atoms with E-state index in [9.17, 15) is 9.90 Å². The second kappa shape index (κ2) is 39.8. The van der Waals surface area contributed by atoms with Crippen molar-refractivity contribution >= 4 is 5.97 Å². The maximum absolute atomic E-state index is 12.2. The van der Waals surface area contributed by atoms with Crippen molar-refractivity contribution in [3.8, 4) is 0 Å². The lowest BCUT2D eigenvalue weighted by Crippen LogP contribution is -2.27. The molecule has 0 saturated carbocycles. The van der Waals surface area contributed by atoms with Gasteiger partial charge in [0.05, 0.1) is 13.2 Å². The summed E-state index contributed by atoms with van der Waals surface area (Å²) in [5.41, 5.74) is 0. The molecule has 0 spiro atoms. The average molecular weight is 647 g/mol. The number of carbonyl (C=O) groups is 1. The van der Waals surface area contributed by atoms with Crippen molar-refractivity contribution in [3.05, 3.63) is 36.5 Å². The van der Waals surface area contributed by atoms with Crippen molar-refractivity contribution in [2.75, 3.05) is 19.8 Å². The molecule has 0 fully saturated rings. The van der Waals surface area contributed by atoms with Crippen LogP contribution in [0.1, 0.15) is 200 Å². The molecule has 0 amide bonds. The maximum Gasteiger partial charge on any atom is 0.306 e. The van der Waals surface area contributed by atoms with Crippen molar-refractivity contribution in [1.29, 1.82) is 0 Å². The van der Waals surface area contributed by atoms with Crippen LogP contribution < -0.4 is 0 Å². The van der Waals surface area contributed by atoms with Crippen LogP contribution in [0.5, 0.6) is 0 Å². The summed E-state index contributed by atoms with van der Waals surface area (Å²) in [6.45, 7) is 5.31. The summed E-state index contributed by atoms with van der Waals surface area (Å²) in [6, 6.07) is 0. The molecular formula is C42H78O4. The minimum Gasteiger partial charge on any atom is -0.457 e. The van der Waals surface area contributed by atoms with Gasteiger partial charge in [0.15, 0.2) is 0 Å². The SMILES string of the molecule is CCCCC/C=C\C/C=C\C/C=C\CCCCCCCCCOCC(CO)OC(=O)CCCCCCCCCCCCCCCC. The quantitative estimate of drug-likeness (QED) is 0.0414. The third kappa shape index (κ3) is 37.1. The minimum absolute atomic E-state index is 0.173. The highest BCUT2D eigenvalue weighted by atomic mass is 16.6. The molecule has 0 aromatic heterocycles. The van der Waals surface area contributed by atoms with Gasteiger partial charge >= 0.3 is 5.97 Å². The monoisotopic (exact) mass is 647 g/mol. The maximum atomic E-state index is 12.2. The summed E-state index contributed by atoms with van der Waals surface area (Å²) >= 11 is 0. The molecule has 0 aliphatic carbocycles. The van der Waals surface area contributed by atoms with Gasteiger partial charge in [0.2, 0.25) is 0 Å². The Kier molecular flexibility index (Phi) is 38.6. The Bertz CT molecular complexity index is 683. The highest BCUT2D eigenvalue weighted by Gasteiger charge is 2.13. The fraction of sp³-hybridized carbons (Fsp3) is 0.833. The number of aliphatic hydroxyl groups is 1. The van der Waals surface area contributed by atoms with Gasteiger partial charge in [0, 0.05) is 13.0 Å². The lowest BCUT2D eigenvalue weighted by molar-refractivity contribution is -0.154. The van der Waals surface area contributed by atoms with E-state index in [-0.39, 0.29) is 12.6 Å². The summed E-state index contributed by atoms with van der Waals surface area (Å²) in [6.07, 6.45) is 49.0. The van der Waals surface area contributed by atoms with E-state index in [1.54, 1.807) is 0 Å². The van der Waals surface area contributed by atoms with Crippen molar-refractivity contribution < 1.29 is 19.4 Å². The predicted octanol–water partition coefficient (Wildman–Crippen LogP) is 12.9. The van der Waals surface area contributed by atoms with E-state index < -0.39 is 6.10 Å². The fourth-order valence-corrected chi connectivity index (χ4v) is 5.69. The summed E-state index contributed by atoms with van der Waals surface area (Å²) < 4.78 is 11.1. The molecule has 1 N–H and O–H groups in total. The molecule has 0 heterocycles. The molecule has 0 aliphatic rings. The molecular weight excluding hydrogens is 568 g/mol. The summed E-state index contributed by atoms with van der Waals surface area (Å²) in [5.74, 6) is -0.203. The summed E-state index contributed by atoms with van der Waals surface area (Å²) in [5, 5.41) is 9.57. The van der Waals surface area contributed by atoms with Gasteiger partial charge in [-0.15, -0.1) is 0 Å². The van der Waals surface area contributed by atoms with E-state index in [4.69, 9.17) is 9.47 Å². The van der Waals surface area contributed by atoms with Crippen LogP contribution in [0.4, 0.5) is 0 Å². The molecule has 1 atom stereocenters. The van der Waals surface area contributed by atoms with Crippen molar-refractivity contribution in [3.63, 3.8) is 0 Å². The fourth-order valence-electron chi connectivity index (χ4n) is 5.69. The van der Waals surface area contributed by atoms with Crippen LogP contribution in [-0.2, 0) is 14.3 Å². The van der Waals surface area contributed by atoms with Crippen LogP contribution in [0.25, 0.3) is 0 Å². The Hall–Kier alpha value is -1.39. The molecule has 0 bridgehead atoms. The minimum atomic E-state index is -0.536. The van der Waals surface area contributed by atoms with Gasteiger partial charge in [-0.3, -0.25) is 4.79 Å². The predicted molar refractivity (Wildman–Crippen MR) is 200 cm³/mol. The number of esters is 1. The molecule has 0 aromatic rings. The first-order valence-corrected chi connectivity index (χ1v) is 20.1. The number of ether oxygens (including phenoxy) is 2. The van der Waals surface area contributed by atoms with Crippen molar-refractivity contribution in [2.24, 2.45) is 0 Å². The topological polar surface area (TPSA) is 55.8 Å². The number of rotatable bonds is 37. The third-order valence-electron chi connectivity index (χ3n) is 8.72. The molecule has 4 nitrogen and oxygen atoms in total. The highest BCUT2D eigenvalue weighted by Crippen LogP contribution is 2.14. The number of allylic oxidation sites excluding steroid dienone is 6. The number of hydrogen-bond acceptors (Lipinski definition) is 4. The molecule has 0 rings (SSSR count). The van der Waals surface area contributed by atoms with E-state index in [0.717, 1.165) is 32.1 Å². The van der Waals surface area contributed by atoms with Gasteiger partial charge in [0.1, 0.15) is 6.10 Å². The third-order valence-corrected chi connectivity index (χ3v) is 8.72. The van der Waals surface area contributed by atoms with Gasteiger partial charge in [-0.1, -0.05) is 179 Å². The Morgan fingerprint density at radius 3 is 1.41 bits per heavy atom. The highest BCUT2D eigenvalue weighted by molar-refractivity contribution is 5.69. The lowest BCUT2D eigenvalue weighted by atomic mass is 10.0. The molecule has 46 heavy (non-hydrogen) atoms. The molecule has 0 aliphatic heterocycles. The first-order chi connectivity index (χ1) is 22.7. The van der Waals surface area contributed by atoms with Crippen molar-refractivity contribution in [2.45, 2.75) is 206 Å². The number of hydrogen-bond donors (Lipinski definition) is 1. The molecule has 4 heteroatoms. The standard InChI is InChI=1S/C42H78O4/c1-3-5-7-9-11-13-15-17-19-20-21-22-23-24-26-28-30-32-34-36-38-45-40-41(39-43)46-42(44)37-35-33-31-29-27-25-18-16-14-12-10-8-6-4-2/h11,13,17,19,21-22,41,43H,3-10,12,14-16,18,20,23-40H2,1-2H3/b13-11-,19-17-,22-21-. The van der Waals surface area contributed by atoms with Crippen LogP contribution in [0, 0.1) is 0 Å². The van der Waals surface area contributed by atoms with Crippen LogP contribution >= 0.6 is 0 Å². The van der Waals surface area contributed by atoms with E-state index in [1.807, 2.05) is 0 Å². The van der Waals surface area contributed by atoms with E-state index in [1.165, 1.54) is 148 Å². The van der Waals surface area contributed by atoms with E-state index in [0.29, 0.717) is 19.6 Å². The van der Waals surface area contributed by atoms with Crippen LogP contribution in [0.2, 0.25) is 0 Å². The Balaban J connectivity index is 3.45. The second-order valence-corrected chi connectivity index (χ2v) is 13.4. The molecule has 0 saturated heterocycles. The zero-order chi connectivity index (χ0) is 33.4. The van der Waals surface area contributed by atoms with Gasteiger partial charge in [-0.05, 0) is 51.4 Å². The first-order valence-electron chi connectivity index (χ1n) is 20.1. The van der Waals surface area contributed by atoms with Crippen LogP contribution in [-0.4, -0.2) is 37.0 Å². The van der Waals surface area contributed by atoms with Crippen LogP contribution in [0.15, 0.2) is 36.5 Å². The summed E-state index contributed by atoms with van der Waals surface area (Å²) in [4.78, 5) is 12.2. The molecule has 1 unspecified atom stereocenters. The van der Waals surface area contributed by atoms with Gasteiger partial charge in [-0.2, -0.15) is 0 Å². The van der Waals surface area contributed by atoms with Gasteiger partial charge in [0.25, 0.3) is 0 Å². The van der Waals surface area contributed by atoms with E-state index >= 15 is 0 Å². The Morgan fingerprint density at radius 2 is 0.913 bits per heavy atom. The lowest BCUT2D eigenvalue weighted by Gasteiger charge is -2.16. The smallest absolute Gasteiger partial charge is 0.306 e. The van der Waals surface area contributed by atoms with Gasteiger partial charge < -0.3 is 14.6 Å². The Labute approximate surface area is 287 Å². The number of aliphatic hydroxyl groups excluding tert-OH is 1. The molecule has 0 aromatic carbocycles. The summed E-state index contributed by atoms with van der Waals surface area (Å²) in [7, 11) is 0. The molecule has 0 radical (unpaired) electrons. The number of unbranched alkanes of at least 4 members (excludes halogenated alkanes) is 23. The first kappa shape index (κ1) is 44.6. The largest absolute Gasteiger partial charge is 0.457 e. The van der Waals surface area contributed by atoms with Gasteiger partial charge in [-0.25, -0.2) is 0 Å². The normalized spacial score (nSPS) is 12.7. The zero-order valence-electron chi connectivity index (χ0n) is 30.8. The average Bonchev–Trinajstić information content (AvgIpc) is 3.06. The van der Waals surface area contributed by atoms with E-state index in [2.05, 4.69) is 50.3 Å². The number of carbonyl (C=O) groups excluding carboxylic acids is 1. The molecule has 270 valence electrons. The Morgan fingerprint density at radius 1 is 0.522 bits per heavy atom.